The standard InChI is InChI=1S/C10H13ClN4.HI/c11-8-2-3-9(14-6-8)7-15-10-12-4-1-5-13-10;/h2-3,6H,1,4-5,7H2,(H2,12,13,15);1H. The first kappa shape index (κ1) is 13.5. The molecule has 0 radical (unpaired) electrons. The van der Waals surface area contributed by atoms with Crippen LogP contribution in [0, 0.1) is 0 Å². The molecule has 0 unspecified atom stereocenters. The summed E-state index contributed by atoms with van der Waals surface area (Å²) in [6, 6.07) is 3.74. The van der Waals surface area contributed by atoms with Gasteiger partial charge in [-0.25, -0.2) is 0 Å². The lowest BCUT2D eigenvalue weighted by Crippen LogP contribution is -2.40. The van der Waals surface area contributed by atoms with Gasteiger partial charge in [0.1, 0.15) is 0 Å². The Morgan fingerprint density at radius 2 is 2.31 bits per heavy atom. The summed E-state index contributed by atoms with van der Waals surface area (Å²) < 4.78 is 0. The number of nitrogens with one attached hydrogen (secondary N) is 2. The van der Waals surface area contributed by atoms with Crippen LogP contribution in [0.3, 0.4) is 0 Å². The molecule has 0 fully saturated rings. The fourth-order valence-corrected chi connectivity index (χ4v) is 1.45. The molecule has 0 aromatic carbocycles. The number of nitrogens with zero attached hydrogens (tertiary/aromatic N) is 2. The Kier molecular flexibility index (Phi) is 5.83. The van der Waals surface area contributed by atoms with E-state index in [4.69, 9.17) is 11.6 Å². The monoisotopic (exact) mass is 352 g/mol. The highest BCUT2D eigenvalue weighted by molar-refractivity contribution is 14.0. The Morgan fingerprint density at radius 3 is 2.94 bits per heavy atom. The van der Waals surface area contributed by atoms with E-state index in [1.54, 1.807) is 6.20 Å². The van der Waals surface area contributed by atoms with Gasteiger partial charge in [-0.2, -0.15) is 0 Å². The van der Waals surface area contributed by atoms with E-state index in [2.05, 4.69) is 20.6 Å². The number of hydrogen-bond acceptors (Lipinski definition) is 4. The Balaban J connectivity index is 0.00000128. The lowest BCUT2D eigenvalue weighted by atomic mass is 10.3. The van der Waals surface area contributed by atoms with Crippen LogP contribution in [0.5, 0.6) is 0 Å². The van der Waals surface area contributed by atoms with Crippen LogP contribution < -0.4 is 10.6 Å². The van der Waals surface area contributed by atoms with Crippen molar-refractivity contribution in [1.29, 1.82) is 0 Å². The Labute approximate surface area is 117 Å². The zero-order valence-corrected chi connectivity index (χ0v) is 11.8. The van der Waals surface area contributed by atoms with Gasteiger partial charge < -0.3 is 10.6 Å². The first-order valence-electron chi connectivity index (χ1n) is 4.97. The molecular formula is C10H14ClIN4. The molecule has 1 aliphatic heterocycles. The molecule has 0 saturated carbocycles. The number of aromatic nitrogens is 1. The molecule has 0 bridgehead atoms. The maximum Gasteiger partial charge on any atom is 0.191 e. The van der Waals surface area contributed by atoms with Crippen molar-refractivity contribution in [1.82, 2.24) is 15.6 Å². The van der Waals surface area contributed by atoms with Gasteiger partial charge in [0.15, 0.2) is 5.96 Å². The van der Waals surface area contributed by atoms with Gasteiger partial charge in [-0.05, 0) is 18.6 Å². The number of halogens is 2. The van der Waals surface area contributed by atoms with E-state index in [1.165, 1.54) is 0 Å². The second-order valence-electron chi connectivity index (χ2n) is 3.33. The van der Waals surface area contributed by atoms with Crippen molar-refractivity contribution in [3.63, 3.8) is 0 Å². The number of rotatable bonds is 2. The Morgan fingerprint density at radius 1 is 1.44 bits per heavy atom. The highest BCUT2D eigenvalue weighted by Crippen LogP contribution is 2.05. The van der Waals surface area contributed by atoms with Crippen LogP contribution in [-0.2, 0) is 6.54 Å². The van der Waals surface area contributed by atoms with E-state index in [-0.39, 0.29) is 24.0 Å². The normalized spacial score (nSPS) is 14.4. The third-order valence-corrected chi connectivity index (χ3v) is 2.35. The van der Waals surface area contributed by atoms with Crippen molar-refractivity contribution in [2.45, 2.75) is 13.0 Å². The van der Waals surface area contributed by atoms with E-state index in [0.29, 0.717) is 11.6 Å². The van der Waals surface area contributed by atoms with Crippen LogP contribution >= 0.6 is 35.6 Å². The van der Waals surface area contributed by atoms with Crippen molar-refractivity contribution in [2.75, 3.05) is 13.1 Å². The molecule has 1 aromatic heterocycles. The lowest BCUT2D eigenvalue weighted by molar-refractivity contribution is 0.698. The molecular weight excluding hydrogens is 338 g/mol. The van der Waals surface area contributed by atoms with Gasteiger partial charge in [0, 0.05) is 19.3 Å². The molecule has 1 aliphatic rings. The smallest absolute Gasteiger partial charge is 0.191 e. The number of hydrogen-bond donors (Lipinski definition) is 2. The molecule has 0 amide bonds. The minimum absolute atomic E-state index is 0. The molecule has 2 rings (SSSR count). The topological polar surface area (TPSA) is 49.3 Å². The number of pyridine rings is 1. The van der Waals surface area contributed by atoms with Crippen molar-refractivity contribution in [3.05, 3.63) is 29.0 Å². The highest BCUT2D eigenvalue weighted by atomic mass is 127. The van der Waals surface area contributed by atoms with Crippen molar-refractivity contribution in [3.8, 4) is 0 Å². The van der Waals surface area contributed by atoms with E-state index >= 15 is 0 Å². The summed E-state index contributed by atoms with van der Waals surface area (Å²) in [7, 11) is 0. The van der Waals surface area contributed by atoms with E-state index in [0.717, 1.165) is 31.2 Å². The van der Waals surface area contributed by atoms with Crippen molar-refractivity contribution >= 4 is 41.5 Å². The maximum absolute atomic E-state index is 5.74. The first-order valence-corrected chi connectivity index (χ1v) is 5.35. The lowest BCUT2D eigenvalue weighted by Gasteiger charge is -2.15. The predicted octanol–water partition coefficient (Wildman–Crippen LogP) is 1.79. The zero-order chi connectivity index (χ0) is 10.5. The summed E-state index contributed by atoms with van der Waals surface area (Å²) in [6.07, 6.45) is 2.75. The SMILES string of the molecule is Clc1ccc(CNC2=NCCCN2)nc1.I. The summed E-state index contributed by atoms with van der Waals surface area (Å²) in [6.45, 7) is 2.55. The summed E-state index contributed by atoms with van der Waals surface area (Å²) >= 11 is 5.74. The second-order valence-corrected chi connectivity index (χ2v) is 3.77. The largest absolute Gasteiger partial charge is 0.356 e. The molecule has 0 saturated heterocycles. The molecule has 88 valence electrons. The van der Waals surface area contributed by atoms with E-state index < -0.39 is 0 Å². The van der Waals surface area contributed by atoms with Crippen molar-refractivity contribution in [2.24, 2.45) is 4.99 Å². The average molecular weight is 353 g/mol. The van der Waals surface area contributed by atoms with Crippen LogP contribution in [0.2, 0.25) is 5.02 Å². The molecule has 4 nitrogen and oxygen atoms in total. The highest BCUT2D eigenvalue weighted by Gasteiger charge is 2.03. The van der Waals surface area contributed by atoms with Crippen LogP contribution in [0.15, 0.2) is 23.3 Å². The van der Waals surface area contributed by atoms with Crippen LogP contribution in [0.25, 0.3) is 0 Å². The second kappa shape index (κ2) is 6.90. The Hall–Kier alpha value is -0.560. The molecule has 0 aliphatic carbocycles. The summed E-state index contributed by atoms with van der Waals surface area (Å²) in [5.41, 5.74) is 0.953. The van der Waals surface area contributed by atoms with E-state index in [1.807, 2.05) is 12.1 Å². The minimum atomic E-state index is 0. The Bertz CT molecular complexity index is 352. The van der Waals surface area contributed by atoms with Crippen molar-refractivity contribution < 1.29 is 0 Å². The van der Waals surface area contributed by atoms with Crippen LogP contribution in [0.1, 0.15) is 12.1 Å². The number of aliphatic imine (C=N–C) groups is 1. The third kappa shape index (κ3) is 4.13. The summed E-state index contributed by atoms with van der Waals surface area (Å²) in [5, 5.41) is 7.04. The van der Waals surface area contributed by atoms with Gasteiger partial charge in [-0.3, -0.25) is 9.98 Å². The molecule has 1 aromatic rings. The quantitative estimate of drug-likeness (QED) is 0.798. The van der Waals surface area contributed by atoms with Crippen LogP contribution in [0.4, 0.5) is 0 Å². The third-order valence-electron chi connectivity index (χ3n) is 2.12. The van der Waals surface area contributed by atoms with Gasteiger partial charge in [0.25, 0.3) is 0 Å². The fraction of sp³-hybridized carbons (Fsp3) is 0.400. The van der Waals surface area contributed by atoms with Gasteiger partial charge in [0.05, 0.1) is 17.3 Å². The summed E-state index contributed by atoms with van der Waals surface area (Å²) in [4.78, 5) is 8.49. The predicted molar refractivity (Wildman–Crippen MR) is 76.4 cm³/mol. The zero-order valence-electron chi connectivity index (χ0n) is 8.74. The number of guanidine groups is 1. The molecule has 2 heterocycles. The van der Waals surface area contributed by atoms with E-state index in [9.17, 15) is 0 Å². The van der Waals surface area contributed by atoms with Crippen LogP contribution in [-0.4, -0.2) is 24.0 Å². The van der Waals surface area contributed by atoms with Gasteiger partial charge in [0.2, 0.25) is 0 Å². The molecule has 16 heavy (non-hydrogen) atoms. The fourth-order valence-electron chi connectivity index (χ4n) is 1.34. The first-order chi connectivity index (χ1) is 7.34. The molecule has 6 heteroatoms. The van der Waals surface area contributed by atoms with Gasteiger partial charge in [-0.15, -0.1) is 24.0 Å². The molecule has 2 N–H and O–H groups in total. The maximum atomic E-state index is 5.74. The summed E-state index contributed by atoms with van der Waals surface area (Å²) in [5.74, 6) is 0.859. The molecule has 0 spiro atoms. The molecule has 0 atom stereocenters. The average Bonchev–Trinajstić information content (AvgIpc) is 2.30. The minimum Gasteiger partial charge on any atom is -0.356 e. The van der Waals surface area contributed by atoms with Gasteiger partial charge in [-0.1, -0.05) is 11.6 Å². The van der Waals surface area contributed by atoms with Gasteiger partial charge >= 0.3 is 0 Å².